The molecule has 1 saturated carbocycles. The Kier molecular flexibility index (Phi) is 4.47. The van der Waals surface area contributed by atoms with Crippen LogP contribution in [-0.4, -0.2) is 29.2 Å². The third-order valence-corrected chi connectivity index (χ3v) is 5.75. The lowest BCUT2D eigenvalue weighted by molar-refractivity contribution is -0.125. The molecule has 1 aliphatic heterocycles. The highest BCUT2D eigenvalue weighted by Crippen LogP contribution is 2.38. The van der Waals surface area contributed by atoms with Gasteiger partial charge in [-0.25, -0.2) is 0 Å². The second-order valence-electron chi connectivity index (χ2n) is 6.65. The highest BCUT2D eigenvalue weighted by Gasteiger charge is 2.27. The molecule has 0 aromatic carbocycles. The zero-order valence-electron chi connectivity index (χ0n) is 13.6. The largest absolute Gasteiger partial charge is 0.355 e. The maximum atomic E-state index is 12.3. The molecule has 6 heteroatoms. The van der Waals surface area contributed by atoms with Gasteiger partial charge in [0.15, 0.2) is 5.82 Å². The van der Waals surface area contributed by atoms with Crippen LogP contribution < -0.4 is 10.2 Å². The zero-order chi connectivity index (χ0) is 16.4. The maximum Gasteiger partial charge on any atom is 0.223 e. The average molecular weight is 342 g/mol. The van der Waals surface area contributed by atoms with Crippen LogP contribution in [0.3, 0.4) is 0 Å². The number of thiophene rings is 1. The molecule has 1 amide bonds. The van der Waals surface area contributed by atoms with Crippen LogP contribution in [0.4, 0.5) is 5.82 Å². The van der Waals surface area contributed by atoms with Crippen molar-refractivity contribution in [2.75, 3.05) is 18.0 Å². The molecule has 126 valence electrons. The van der Waals surface area contributed by atoms with Gasteiger partial charge in [0.05, 0.1) is 12.2 Å². The van der Waals surface area contributed by atoms with Crippen molar-refractivity contribution in [2.45, 2.75) is 38.1 Å². The molecule has 2 aromatic rings. The average Bonchev–Trinajstić information content (AvgIpc) is 3.36. The third kappa shape index (κ3) is 3.59. The van der Waals surface area contributed by atoms with Crippen molar-refractivity contribution in [2.24, 2.45) is 5.92 Å². The lowest BCUT2D eigenvalue weighted by Crippen LogP contribution is -2.40. The Balaban J connectivity index is 1.27. The molecule has 1 saturated heterocycles. The van der Waals surface area contributed by atoms with Crippen LogP contribution in [0.25, 0.3) is 0 Å². The Morgan fingerprint density at radius 3 is 2.62 bits per heavy atom. The minimum absolute atomic E-state index is 0.111. The number of anilines is 1. The summed E-state index contributed by atoms with van der Waals surface area (Å²) >= 11 is 1.68. The van der Waals surface area contributed by atoms with E-state index < -0.39 is 0 Å². The summed E-state index contributed by atoms with van der Waals surface area (Å²) in [6.07, 6.45) is 4.25. The van der Waals surface area contributed by atoms with Gasteiger partial charge in [-0.3, -0.25) is 4.79 Å². The Bertz CT molecular complexity index is 674. The van der Waals surface area contributed by atoms with Gasteiger partial charge in [0.1, 0.15) is 0 Å². The Morgan fingerprint density at radius 1 is 1.17 bits per heavy atom. The molecule has 0 radical (unpaired) electrons. The van der Waals surface area contributed by atoms with E-state index in [2.05, 4.69) is 38.6 Å². The highest BCUT2D eigenvalue weighted by molar-refractivity contribution is 7.09. The molecule has 2 aliphatic rings. The molecule has 2 fully saturated rings. The number of carbonyl (C=O) groups excluding carboxylic acids is 1. The molecule has 24 heavy (non-hydrogen) atoms. The van der Waals surface area contributed by atoms with Gasteiger partial charge in [0, 0.05) is 29.8 Å². The quantitative estimate of drug-likeness (QED) is 0.908. The van der Waals surface area contributed by atoms with Gasteiger partial charge in [0.25, 0.3) is 0 Å². The number of piperidine rings is 1. The first-order chi connectivity index (χ1) is 11.8. The van der Waals surface area contributed by atoms with Crippen LogP contribution in [0.5, 0.6) is 0 Å². The normalized spacial score (nSPS) is 18.6. The van der Waals surface area contributed by atoms with Crippen molar-refractivity contribution in [3.05, 3.63) is 40.2 Å². The second-order valence-corrected chi connectivity index (χ2v) is 7.68. The molecule has 1 aliphatic carbocycles. The van der Waals surface area contributed by atoms with Gasteiger partial charge in [-0.15, -0.1) is 16.4 Å². The second kappa shape index (κ2) is 6.89. The minimum atomic E-state index is 0.111. The fourth-order valence-corrected chi connectivity index (χ4v) is 3.85. The number of amides is 1. The number of aromatic nitrogens is 2. The summed E-state index contributed by atoms with van der Waals surface area (Å²) in [6.45, 7) is 2.38. The molecular weight excluding hydrogens is 320 g/mol. The number of rotatable bonds is 5. The van der Waals surface area contributed by atoms with Crippen LogP contribution in [0.1, 0.15) is 42.2 Å². The first-order valence-electron chi connectivity index (χ1n) is 8.68. The number of carbonyl (C=O) groups is 1. The van der Waals surface area contributed by atoms with E-state index in [4.69, 9.17) is 0 Å². The Hall–Kier alpha value is -1.95. The van der Waals surface area contributed by atoms with Crippen LogP contribution >= 0.6 is 11.3 Å². The van der Waals surface area contributed by atoms with E-state index in [1.807, 2.05) is 11.4 Å². The molecule has 2 aromatic heterocycles. The maximum absolute atomic E-state index is 12.3. The summed E-state index contributed by atoms with van der Waals surface area (Å²) in [5.41, 5.74) is 1.13. The summed E-state index contributed by atoms with van der Waals surface area (Å²) in [7, 11) is 0. The van der Waals surface area contributed by atoms with E-state index in [9.17, 15) is 4.79 Å². The predicted octanol–water partition coefficient (Wildman–Crippen LogP) is 2.95. The molecular formula is C18H22N4OS. The van der Waals surface area contributed by atoms with Crippen LogP contribution in [-0.2, 0) is 11.3 Å². The molecule has 0 spiro atoms. The highest BCUT2D eigenvalue weighted by atomic mass is 32.1. The van der Waals surface area contributed by atoms with E-state index >= 15 is 0 Å². The fraction of sp³-hybridized carbons (Fsp3) is 0.500. The van der Waals surface area contributed by atoms with Crippen molar-refractivity contribution >= 4 is 23.1 Å². The fourth-order valence-electron chi connectivity index (χ4n) is 3.20. The zero-order valence-corrected chi connectivity index (χ0v) is 14.5. The summed E-state index contributed by atoms with van der Waals surface area (Å²) in [4.78, 5) is 15.8. The Labute approximate surface area is 146 Å². The van der Waals surface area contributed by atoms with E-state index in [0.717, 1.165) is 37.4 Å². The van der Waals surface area contributed by atoms with Crippen molar-refractivity contribution in [1.82, 2.24) is 15.5 Å². The van der Waals surface area contributed by atoms with Crippen molar-refractivity contribution in [3.63, 3.8) is 0 Å². The van der Waals surface area contributed by atoms with Crippen molar-refractivity contribution < 1.29 is 4.79 Å². The summed E-state index contributed by atoms with van der Waals surface area (Å²) in [5.74, 6) is 1.87. The monoisotopic (exact) mass is 342 g/mol. The topological polar surface area (TPSA) is 58.1 Å². The number of nitrogens with one attached hydrogen (secondary N) is 1. The SMILES string of the molecule is O=C(NCc1cccs1)C1CCN(c2ccc(C3CC3)nn2)CC1. The first-order valence-corrected chi connectivity index (χ1v) is 9.56. The van der Waals surface area contributed by atoms with Crippen LogP contribution in [0, 0.1) is 5.92 Å². The minimum Gasteiger partial charge on any atom is -0.355 e. The standard InChI is InChI=1S/C18H22N4OS/c23-18(19-12-15-2-1-11-24-15)14-7-9-22(10-8-14)17-6-5-16(20-21-17)13-3-4-13/h1-2,5-6,11,13-14H,3-4,7-10,12H2,(H,19,23). The number of hydrogen-bond acceptors (Lipinski definition) is 5. The van der Waals surface area contributed by atoms with Gasteiger partial charge in [-0.2, -0.15) is 5.10 Å². The molecule has 4 rings (SSSR count). The summed E-state index contributed by atoms with van der Waals surface area (Å²) in [5, 5.41) is 13.8. The van der Waals surface area contributed by atoms with E-state index in [1.54, 1.807) is 11.3 Å². The smallest absolute Gasteiger partial charge is 0.223 e. The lowest BCUT2D eigenvalue weighted by Gasteiger charge is -2.31. The van der Waals surface area contributed by atoms with Crippen LogP contribution in [0.2, 0.25) is 0 Å². The first kappa shape index (κ1) is 15.6. The van der Waals surface area contributed by atoms with Gasteiger partial charge in [-0.1, -0.05) is 6.07 Å². The Morgan fingerprint density at radius 2 is 2.00 bits per heavy atom. The molecule has 5 nitrogen and oxygen atoms in total. The third-order valence-electron chi connectivity index (χ3n) is 4.87. The molecule has 1 N–H and O–H groups in total. The predicted molar refractivity (Wildman–Crippen MR) is 95.1 cm³/mol. The molecule has 0 bridgehead atoms. The number of hydrogen-bond donors (Lipinski definition) is 1. The summed E-state index contributed by atoms with van der Waals surface area (Å²) < 4.78 is 0. The summed E-state index contributed by atoms with van der Waals surface area (Å²) in [6, 6.07) is 8.26. The van der Waals surface area contributed by atoms with Gasteiger partial charge in [0.2, 0.25) is 5.91 Å². The molecule has 0 atom stereocenters. The number of nitrogens with zero attached hydrogens (tertiary/aromatic N) is 3. The van der Waals surface area contributed by atoms with Crippen LogP contribution in [0.15, 0.2) is 29.6 Å². The molecule has 0 unspecified atom stereocenters. The van der Waals surface area contributed by atoms with Gasteiger partial charge >= 0.3 is 0 Å². The lowest BCUT2D eigenvalue weighted by atomic mass is 9.96. The van der Waals surface area contributed by atoms with E-state index in [0.29, 0.717) is 12.5 Å². The van der Waals surface area contributed by atoms with Gasteiger partial charge in [-0.05, 0) is 49.3 Å². The van der Waals surface area contributed by atoms with E-state index in [-0.39, 0.29) is 11.8 Å². The molecule has 3 heterocycles. The van der Waals surface area contributed by atoms with Crippen molar-refractivity contribution in [1.29, 1.82) is 0 Å². The van der Waals surface area contributed by atoms with E-state index in [1.165, 1.54) is 17.7 Å². The van der Waals surface area contributed by atoms with Gasteiger partial charge < -0.3 is 10.2 Å². The van der Waals surface area contributed by atoms with Crippen molar-refractivity contribution in [3.8, 4) is 0 Å².